The van der Waals surface area contributed by atoms with Crippen molar-refractivity contribution in [2.24, 2.45) is 0 Å². The Hall–Kier alpha value is -0.954. The second kappa shape index (κ2) is 6.84. The van der Waals surface area contributed by atoms with Gasteiger partial charge in [0.1, 0.15) is 0 Å². The van der Waals surface area contributed by atoms with Crippen LogP contribution in [0.2, 0.25) is 0 Å². The van der Waals surface area contributed by atoms with Crippen molar-refractivity contribution in [1.29, 1.82) is 0 Å². The molecule has 10 nitrogen and oxygen atoms in total. The zero-order valence-electron chi connectivity index (χ0n) is 8.06. The lowest BCUT2D eigenvalue weighted by atomic mass is 9.96. The standard InChI is InChI=1S/C6H8O10S.Mg.2H/c7-3(8)1-6(12,5(10)11)2-4(9)16-17(13,14)15;;;/h12H,1-2H2,(H,7,8)(H,10,11)(H,13,14,15);;;. The Morgan fingerprint density at radius 2 is 1.56 bits per heavy atom. The second-order valence-electron chi connectivity index (χ2n) is 2.97. The molecule has 0 saturated carbocycles. The largest absolute Gasteiger partial charge is 0.481 e. The van der Waals surface area contributed by atoms with Crippen LogP contribution in [0.3, 0.4) is 0 Å². The molecule has 0 aliphatic rings. The van der Waals surface area contributed by atoms with Crippen LogP contribution in [-0.2, 0) is 29.0 Å². The molecular weight excluding hydrogens is 288 g/mol. The lowest BCUT2D eigenvalue weighted by Gasteiger charge is -2.19. The Morgan fingerprint density at radius 3 is 1.83 bits per heavy atom. The minimum absolute atomic E-state index is 0. The quantitative estimate of drug-likeness (QED) is 0.294. The highest BCUT2D eigenvalue weighted by molar-refractivity contribution is 7.81. The first-order valence-corrected chi connectivity index (χ1v) is 5.20. The van der Waals surface area contributed by atoms with E-state index in [9.17, 15) is 27.9 Å². The van der Waals surface area contributed by atoms with Crippen molar-refractivity contribution in [3.63, 3.8) is 0 Å². The average molecular weight is 299 g/mol. The van der Waals surface area contributed by atoms with E-state index in [0.29, 0.717) is 0 Å². The highest BCUT2D eigenvalue weighted by Gasteiger charge is 2.42. The van der Waals surface area contributed by atoms with Crippen LogP contribution in [0, 0.1) is 0 Å². The van der Waals surface area contributed by atoms with Gasteiger partial charge in [-0.05, 0) is 0 Å². The number of hydrogen-bond acceptors (Lipinski definition) is 7. The third kappa shape index (κ3) is 7.39. The molecule has 0 amide bonds. The second-order valence-corrected chi connectivity index (χ2v) is 3.99. The van der Waals surface area contributed by atoms with Crippen molar-refractivity contribution in [3.8, 4) is 0 Å². The Balaban J connectivity index is 0. The Bertz CT molecular complexity index is 441. The normalized spacial score (nSPS) is 13.9. The lowest BCUT2D eigenvalue weighted by molar-refractivity contribution is -0.169. The van der Waals surface area contributed by atoms with E-state index in [4.69, 9.17) is 14.8 Å². The zero-order valence-corrected chi connectivity index (χ0v) is 8.88. The molecule has 12 heteroatoms. The molecule has 0 aromatic rings. The summed E-state index contributed by atoms with van der Waals surface area (Å²) in [5, 5.41) is 26.1. The molecule has 0 aliphatic heterocycles. The maximum atomic E-state index is 10.8. The Kier molecular flexibility index (Phi) is 7.37. The van der Waals surface area contributed by atoms with Gasteiger partial charge in [0, 0.05) is 0 Å². The van der Waals surface area contributed by atoms with Gasteiger partial charge in [0.05, 0.1) is 12.8 Å². The van der Waals surface area contributed by atoms with E-state index >= 15 is 0 Å². The zero-order chi connectivity index (χ0) is 13.9. The van der Waals surface area contributed by atoms with Crippen molar-refractivity contribution >= 4 is 51.4 Å². The fourth-order valence-electron chi connectivity index (χ4n) is 0.850. The van der Waals surface area contributed by atoms with Crippen molar-refractivity contribution in [1.82, 2.24) is 0 Å². The molecule has 0 saturated heterocycles. The predicted molar refractivity (Wildman–Crippen MR) is 55.6 cm³/mol. The third-order valence-corrected chi connectivity index (χ3v) is 1.87. The van der Waals surface area contributed by atoms with E-state index in [2.05, 4.69) is 4.18 Å². The van der Waals surface area contributed by atoms with Crippen LogP contribution >= 0.6 is 0 Å². The summed E-state index contributed by atoms with van der Waals surface area (Å²) in [5.41, 5.74) is -3.02. The molecule has 0 heterocycles. The summed E-state index contributed by atoms with van der Waals surface area (Å²) in [4.78, 5) is 31.6. The van der Waals surface area contributed by atoms with E-state index in [0.717, 1.165) is 0 Å². The first kappa shape index (κ1) is 19.4. The molecule has 102 valence electrons. The number of carboxylic acids is 2. The van der Waals surface area contributed by atoms with Gasteiger partial charge in [-0.15, -0.1) is 0 Å². The summed E-state index contributed by atoms with van der Waals surface area (Å²) >= 11 is 0. The van der Waals surface area contributed by atoms with Crippen LogP contribution in [-0.4, -0.2) is 74.9 Å². The van der Waals surface area contributed by atoms with Crippen LogP contribution in [0.5, 0.6) is 0 Å². The number of carboxylic acid groups (broad SMARTS) is 2. The summed E-state index contributed by atoms with van der Waals surface area (Å²) in [6, 6.07) is 0. The minimum Gasteiger partial charge on any atom is -0.481 e. The van der Waals surface area contributed by atoms with Crippen molar-refractivity contribution < 1.29 is 46.9 Å². The van der Waals surface area contributed by atoms with Crippen molar-refractivity contribution in [2.75, 3.05) is 0 Å². The highest BCUT2D eigenvalue weighted by atomic mass is 32.3. The number of aliphatic carboxylic acids is 2. The SMILES string of the molecule is O=C(O)CC(O)(CC(=O)OS(=O)(=O)O)C(=O)O.[MgH2]. The van der Waals surface area contributed by atoms with Crippen LogP contribution in [0.15, 0.2) is 0 Å². The van der Waals surface area contributed by atoms with Crippen LogP contribution in [0.4, 0.5) is 0 Å². The third-order valence-electron chi connectivity index (χ3n) is 1.48. The van der Waals surface area contributed by atoms with E-state index in [-0.39, 0.29) is 23.1 Å². The molecule has 0 radical (unpaired) electrons. The molecule has 0 aromatic heterocycles. The maximum Gasteiger partial charge on any atom is 0.448 e. The van der Waals surface area contributed by atoms with Gasteiger partial charge in [0.25, 0.3) is 0 Å². The van der Waals surface area contributed by atoms with Gasteiger partial charge in [-0.2, -0.15) is 8.42 Å². The Labute approximate surface area is 117 Å². The van der Waals surface area contributed by atoms with Gasteiger partial charge in [-0.1, -0.05) is 0 Å². The van der Waals surface area contributed by atoms with E-state index < -0.39 is 46.7 Å². The minimum atomic E-state index is -5.15. The Morgan fingerprint density at radius 1 is 1.11 bits per heavy atom. The number of carbonyl (C=O) groups excluding carboxylic acids is 1. The highest BCUT2D eigenvalue weighted by Crippen LogP contribution is 2.17. The van der Waals surface area contributed by atoms with Crippen LogP contribution in [0.25, 0.3) is 0 Å². The molecule has 1 atom stereocenters. The van der Waals surface area contributed by atoms with E-state index in [1.54, 1.807) is 0 Å². The van der Waals surface area contributed by atoms with Crippen molar-refractivity contribution in [2.45, 2.75) is 18.4 Å². The molecule has 0 rings (SSSR count). The molecule has 0 fully saturated rings. The first-order chi connectivity index (χ1) is 7.46. The summed E-state index contributed by atoms with van der Waals surface area (Å²) in [6.45, 7) is 0. The van der Waals surface area contributed by atoms with Gasteiger partial charge in [0.2, 0.25) is 0 Å². The first-order valence-electron chi connectivity index (χ1n) is 3.83. The summed E-state index contributed by atoms with van der Waals surface area (Å²) < 4.78 is 31.6. The summed E-state index contributed by atoms with van der Waals surface area (Å²) in [6.07, 6.45) is -2.79. The molecule has 0 spiro atoms. The number of hydrogen-bond donors (Lipinski definition) is 4. The summed E-state index contributed by atoms with van der Waals surface area (Å²) in [7, 11) is -5.15. The van der Waals surface area contributed by atoms with E-state index in [1.807, 2.05) is 0 Å². The molecule has 0 aromatic carbocycles. The predicted octanol–water partition coefficient (Wildman–Crippen LogP) is -2.90. The number of rotatable bonds is 6. The fourth-order valence-corrected chi connectivity index (χ4v) is 1.14. The maximum absolute atomic E-state index is 10.8. The lowest BCUT2D eigenvalue weighted by Crippen LogP contribution is -2.43. The average Bonchev–Trinajstić information content (AvgIpc) is 1.96. The molecule has 18 heavy (non-hydrogen) atoms. The molecule has 0 bridgehead atoms. The molecular formula is C6H10MgO10S. The van der Waals surface area contributed by atoms with Gasteiger partial charge in [0.15, 0.2) is 5.60 Å². The van der Waals surface area contributed by atoms with Gasteiger partial charge in [-0.3, -0.25) is 14.1 Å². The summed E-state index contributed by atoms with van der Waals surface area (Å²) in [5.74, 6) is -5.58. The van der Waals surface area contributed by atoms with Gasteiger partial charge < -0.3 is 19.5 Å². The number of aliphatic hydroxyl groups is 1. The topological polar surface area (TPSA) is 175 Å². The monoisotopic (exact) mass is 298 g/mol. The molecule has 0 aliphatic carbocycles. The smallest absolute Gasteiger partial charge is 0.448 e. The van der Waals surface area contributed by atoms with Gasteiger partial charge in [-0.25, -0.2) is 4.79 Å². The fraction of sp³-hybridized carbons (Fsp3) is 0.500. The molecule has 4 N–H and O–H groups in total. The van der Waals surface area contributed by atoms with E-state index in [1.165, 1.54) is 0 Å². The molecule has 1 unspecified atom stereocenters. The van der Waals surface area contributed by atoms with Crippen LogP contribution in [0.1, 0.15) is 12.8 Å². The van der Waals surface area contributed by atoms with Gasteiger partial charge >= 0.3 is 51.4 Å². The van der Waals surface area contributed by atoms with Crippen molar-refractivity contribution in [3.05, 3.63) is 0 Å². The number of carbonyl (C=O) groups is 3. The van der Waals surface area contributed by atoms with Crippen LogP contribution < -0.4 is 0 Å².